The van der Waals surface area contributed by atoms with E-state index in [2.05, 4.69) is 11.8 Å². The number of hydrogen-bond acceptors (Lipinski definition) is 3. The molecule has 0 amide bonds. The van der Waals surface area contributed by atoms with Crippen molar-refractivity contribution in [3.8, 4) is 0 Å². The molecule has 4 heteroatoms. The first-order chi connectivity index (χ1) is 10.6. The predicted octanol–water partition coefficient (Wildman–Crippen LogP) is 3.27. The van der Waals surface area contributed by atoms with E-state index in [0.29, 0.717) is 6.42 Å². The zero-order valence-electron chi connectivity index (χ0n) is 14.7. The summed E-state index contributed by atoms with van der Waals surface area (Å²) in [5.41, 5.74) is 0. The quantitative estimate of drug-likeness (QED) is 0.362. The van der Waals surface area contributed by atoms with E-state index in [0.717, 1.165) is 36.7 Å². The number of carbonyl (C=O) groups is 1. The van der Waals surface area contributed by atoms with Crippen LogP contribution in [-0.4, -0.2) is 55.5 Å². The highest BCUT2D eigenvalue weighted by Gasteiger charge is 2.27. The lowest BCUT2D eigenvalue weighted by Gasteiger charge is -2.39. The lowest BCUT2D eigenvalue weighted by atomic mass is 10.0. The number of quaternary nitrogens is 1. The minimum Gasteiger partial charge on any atom is -0.469 e. The highest BCUT2D eigenvalue weighted by molar-refractivity contribution is 5.68. The number of aliphatic hydroxyl groups is 1. The van der Waals surface area contributed by atoms with Gasteiger partial charge in [-0.15, -0.1) is 0 Å². The Hall–Kier alpha value is -0.610. The second-order valence-electron chi connectivity index (χ2n) is 7.20. The summed E-state index contributed by atoms with van der Waals surface area (Å²) < 4.78 is 5.69. The van der Waals surface area contributed by atoms with E-state index in [4.69, 9.17) is 0 Å². The molecule has 0 saturated carbocycles. The molecule has 0 spiro atoms. The number of methoxy groups -OCH3 is 1. The van der Waals surface area contributed by atoms with Crippen LogP contribution in [0.25, 0.3) is 0 Å². The molecule has 0 bridgehead atoms. The fourth-order valence-electron chi connectivity index (χ4n) is 3.52. The number of unbranched alkanes of at least 4 members (excludes halogenated alkanes) is 5. The molecular formula is C18H36NO3+. The number of rotatable bonds is 11. The fourth-order valence-corrected chi connectivity index (χ4v) is 3.52. The molecule has 1 saturated heterocycles. The first-order valence-corrected chi connectivity index (χ1v) is 9.14. The van der Waals surface area contributed by atoms with Gasteiger partial charge < -0.3 is 14.3 Å². The molecule has 0 aromatic heterocycles. The zero-order valence-corrected chi connectivity index (χ0v) is 14.7. The molecule has 0 radical (unpaired) electrons. The van der Waals surface area contributed by atoms with Crippen LogP contribution >= 0.6 is 0 Å². The van der Waals surface area contributed by atoms with Crippen molar-refractivity contribution in [1.82, 2.24) is 0 Å². The number of piperidine rings is 1. The van der Waals surface area contributed by atoms with Crippen LogP contribution in [0.2, 0.25) is 0 Å². The van der Waals surface area contributed by atoms with Crippen LogP contribution in [0.5, 0.6) is 0 Å². The molecule has 1 fully saturated rings. The van der Waals surface area contributed by atoms with Crippen LogP contribution in [0.4, 0.5) is 0 Å². The lowest BCUT2D eigenvalue weighted by molar-refractivity contribution is -0.916. The summed E-state index contributed by atoms with van der Waals surface area (Å²) in [7, 11) is 3.74. The van der Waals surface area contributed by atoms with Gasteiger partial charge in [-0.3, -0.25) is 4.79 Å². The van der Waals surface area contributed by atoms with E-state index in [1.54, 1.807) is 0 Å². The van der Waals surface area contributed by atoms with Crippen molar-refractivity contribution >= 4 is 5.97 Å². The van der Waals surface area contributed by atoms with Gasteiger partial charge in [0.1, 0.15) is 12.6 Å². The number of ether oxygens (including phenoxy) is 1. The smallest absolute Gasteiger partial charge is 0.305 e. The Morgan fingerprint density at radius 3 is 2.27 bits per heavy atom. The summed E-state index contributed by atoms with van der Waals surface area (Å²) in [6, 6.07) is 0. The SMILES string of the molecule is COC(=O)CCCCCCCCC(O)C[N+]1(C)CCCCC1. The molecule has 0 aliphatic carbocycles. The number of likely N-dealkylation sites (N-methyl/N-ethyl adjacent to an activating group) is 1. The number of esters is 1. The highest BCUT2D eigenvalue weighted by atomic mass is 16.5. The molecule has 1 aliphatic rings. The maximum atomic E-state index is 11.0. The van der Waals surface area contributed by atoms with Crippen LogP contribution < -0.4 is 0 Å². The molecule has 130 valence electrons. The molecule has 1 rings (SSSR count). The summed E-state index contributed by atoms with van der Waals surface area (Å²) in [6.45, 7) is 3.40. The normalized spacial score (nSPS) is 18.9. The Morgan fingerprint density at radius 2 is 1.64 bits per heavy atom. The average molecular weight is 314 g/mol. The molecule has 1 atom stereocenters. The van der Waals surface area contributed by atoms with Gasteiger partial charge in [0.25, 0.3) is 0 Å². The number of aliphatic hydroxyl groups excluding tert-OH is 1. The van der Waals surface area contributed by atoms with Gasteiger partial charge in [-0.2, -0.15) is 0 Å². The standard InChI is InChI=1S/C18H36NO3/c1-19(14-10-7-11-15-19)16-17(20)12-8-5-3-4-6-9-13-18(21)22-2/h17,20H,3-16H2,1-2H3/q+1. The van der Waals surface area contributed by atoms with Crippen molar-refractivity contribution in [2.24, 2.45) is 0 Å². The van der Waals surface area contributed by atoms with Gasteiger partial charge in [-0.25, -0.2) is 0 Å². The van der Waals surface area contributed by atoms with Gasteiger partial charge in [-0.05, 0) is 32.1 Å². The summed E-state index contributed by atoms with van der Waals surface area (Å²) in [6.07, 6.45) is 12.1. The van der Waals surface area contributed by atoms with Crippen molar-refractivity contribution in [2.45, 2.75) is 76.7 Å². The molecule has 1 aliphatic heterocycles. The van der Waals surface area contributed by atoms with Crippen LogP contribution in [-0.2, 0) is 9.53 Å². The number of likely N-dealkylation sites (tertiary alicyclic amines) is 1. The Bertz CT molecular complexity index is 301. The van der Waals surface area contributed by atoms with Gasteiger partial charge in [0.05, 0.1) is 27.2 Å². The monoisotopic (exact) mass is 314 g/mol. The van der Waals surface area contributed by atoms with E-state index in [-0.39, 0.29) is 12.1 Å². The first kappa shape index (κ1) is 19.4. The predicted molar refractivity (Wildman–Crippen MR) is 89.6 cm³/mol. The van der Waals surface area contributed by atoms with Crippen LogP contribution in [0.15, 0.2) is 0 Å². The molecule has 1 N–H and O–H groups in total. The van der Waals surface area contributed by atoms with Crippen molar-refractivity contribution in [2.75, 3.05) is 33.8 Å². The summed E-state index contributed by atoms with van der Waals surface area (Å²) in [4.78, 5) is 11.0. The van der Waals surface area contributed by atoms with Gasteiger partial charge in [0.15, 0.2) is 0 Å². The molecule has 1 unspecified atom stereocenters. The van der Waals surface area contributed by atoms with Gasteiger partial charge in [0.2, 0.25) is 0 Å². The third-order valence-electron chi connectivity index (χ3n) is 4.94. The zero-order chi connectivity index (χ0) is 16.3. The molecule has 1 heterocycles. The van der Waals surface area contributed by atoms with Gasteiger partial charge in [0, 0.05) is 6.42 Å². The fraction of sp³-hybridized carbons (Fsp3) is 0.944. The molecular weight excluding hydrogens is 278 g/mol. The summed E-state index contributed by atoms with van der Waals surface area (Å²) in [5.74, 6) is -0.0996. The van der Waals surface area contributed by atoms with E-state index in [1.165, 1.54) is 58.7 Å². The minimum absolute atomic E-state index is 0.0996. The van der Waals surface area contributed by atoms with Crippen molar-refractivity contribution in [3.05, 3.63) is 0 Å². The minimum atomic E-state index is -0.137. The number of hydrogen-bond donors (Lipinski definition) is 1. The Labute approximate surface area is 136 Å². The van der Waals surface area contributed by atoms with E-state index in [1.807, 2.05) is 0 Å². The second kappa shape index (κ2) is 11.0. The number of carbonyl (C=O) groups excluding carboxylic acids is 1. The Balaban J connectivity index is 1.94. The van der Waals surface area contributed by atoms with Crippen molar-refractivity contribution in [1.29, 1.82) is 0 Å². The molecule has 22 heavy (non-hydrogen) atoms. The largest absolute Gasteiger partial charge is 0.469 e. The molecule has 0 aromatic rings. The maximum absolute atomic E-state index is 11.0. The lowest BCUT2D eigenvalue weighted by Crippen LogP contribution is -2.51. The molecule has 0 aromatic carbocycles. The Morgan fingerprint density at radius 1 is 1.05 bits per heavy atom. The van der Waals surface area contributed by atoms with E-state index < -0.39 is 0 Å². The van der Waals surface area contributed by atoms with E-state index >= 15 is 0 Å². The second-order valence-corrected chi connectivity index (χ2v) is 7.20. The summed E-state index contributed by atoms with van der Waals surface area (Å²) >= 11 is 0. The highest BCUT2D eigenvalue weighted by Crippen LogP contribution is 2.18. The van der Waals surface area contributed by atoms with Crippen LogP contribution in [0.1, 0.15) is 70.6 Å². The number of nitrogens with zero attached hydrogens (tertiary/aromatic N) is 1. The van der Waals surface area contributed by atoms with Gasteiger partial charge >= 0.3 is 5.97 Å². The van der Waals surface area contributed by atoms with Gasteiger partial charge in [-0.1, -0.05) is 32.1 Å². The van der Waals surface area contributed by atoms with Crippen LogP contribution in [0.3, 0.4) is 0 Å². The summed E-state index contributed by atoms with van der Waals surface area (Å²) in [5, 5.41) is 10.2. The maximum Gasteiger partial charge on any atom is 0.305 e. The van der Waals surface area contributed by atoms with E-state index in [9.17, 15) is 9.90 Å². The van der Waals surface area contributed by atoms with Crippen LogP contribution in [0, 0.1) is 0 Å². The first-order valence-electron chi connectivity index (χ1n) is 9.14. The van der Waals surface area contributed by atoms with Crippen molar-refractivity contribution < 1.29 is 19.1 Å². The third kappa shape index (κ3) is 8.74. The topological polar surface area (TPSA) is 46.5 Å². The average Bonchev–Trinajstić information content (AvgIpc) is 2.49. The van der Waals surface area contributed by atoms with Crippen molar-refractivity contribution in [3.63, 3.8) is 0 Å². The third-order valence-corrected chi connectivity index (χ3v) is 4.94. The Kier molecular flexibility index (Phi) is 9.73. The molecule has 4 nitrogen and oxygen atoms in total.